The second-order valence-corrected chi connectivity index (χ2v) is 6.20. The Bertz CT molecular complexity index is 415. The summed E-state index contributed by atoms with van der Waals surface area (Å²) in [5.74, 6) is 1.87. The fourth-order valence-electron chi connectivity index (χ4n) is 3.44. The molecule has 1 aromatic rings. The lowest BCUT2D eigenvalue weighted by molar-refractivity contribution is 0.0273. The van der Waals surface area contributed by atoms with E-state index >= 15 is 0 Å². The molecule has 1 aromatic heterocycles. The summed E-state index contributed by atoms with van der Waals surface area (Å²) < 4.78 is 11.2. The number of nitrogens with two attached hydrogens (primary N) is 1. The first-order valence-corrected chi connectivity index (χ1v) is 8.27. The van der Waals surface area contributed by atoms with Crippen molar-refractivity contribution in [3.05, 3.63) is 11.7 Å². The van der Waals surface area contributed by atoms with E-state index in [2.05, 4.69) is 24.0 Å². The van der Waals surface area contributed by atoms with Crippen LogP contribution < -0.4 is 5.73 Å². The van der Waals surface area contributed by atoms with Crippen LogP contribution in [0.1, 0.15) is 76.6 Å². The third-order valence-corrected chi connectivity index (χ3v) is 5.23. The Morgan fingerprint density at radius 3 is 2.48 bits per heavy atom. The van der Waals surface area contributed by atoms with Gasteiger partial charge in [-0.25, -0.2) is 0 Å². The lowest BCUT2D eigenvalue weighted by Crippen LogP contribution is -2.34. The second-order valence-electron chi connectivity index (χ2n) is 6.20. The van der Waals surface area contributed by atoms with Gasteiger partial charge >= 0.3 is 0 Å². The number of hydrogen-bond donors (Lipinski definition) is 1. The van der Waals surface area contributed by atoms with Crippen LogP contribution in [0.15, 0.2) is 4.52 Å². The van der Waals surface area contributed by atoms with Gasteiger partial charge in [0.2, 0.25) is 11.7 Å². The summed E-state index contributed by atoms with van der Waals surface area (Å²) >= 11 is 0. The van der Waals surface area contributed by atoms with Crippen LogP contribution >= 0.6 is 0 Å². The Kier molecular flexibility index (Phi) is 5.76. The highest BCUT2D eigenvalue weighted by molar-refractivity contribution is 5.07. The average molecular weight is 295 g/mol. The van der Waals surface area contributed by atoms with Gasteiger partial charge < -0.3 is 15.0 Å². The molecule has 1 heterocycles. The molecule has 0 aromatic carbocycles. The maximum Gasteiger partial charge on any atom is 0.234 e. The SMILES string of the molecule is CCC(CC)(CN)c1nc(C(OC)C2CCCCC2)no1. The van der Waals surface area contributed by atoms with Crippen LogP contribution in [-0.2, 0) is 10.2 Å². The number of nitrogens with zero attached hydrogens (tertiary/aromatic N) is 2. The maximum absolute atomic E-state index is 5.96. The molecule has 1 aliphatic rings. The van der Waals surface area contributed by atoms with Crippen molar-refractivity contribution in [2.24, 2.45) is 11.7 Å². The average Bonchev–Trinajstić information content (AvgIpc) is 3.02. The van der Waals surface area contributed by atoms with Crippen LogP contribution in [0.2, 0.25) is 0 Å². The Morgan fingerprint density at radius 1 is 1.29 bits per heavy atom. The molecule has 1 saturated carbocycles. The topological polar surface area (TPSA) is 74.2 Å². The summed E-state index contributed by atoms with van der Waals surface area (Å²) in [6.07, 6.45) is 8.00. The Hall–Kier alpha value is -0.940. The zero-order chi connectivity index (χ0) is 15.3. The van der Waals surface area contributed by atoms with Gasteiger partial charge in [0, 0.05) is 13.7 Å². The summed E-state index contributed by atoms with van der Waals surface area (Å²) in [5.41, 5.74) is 5.76. The van der Waals surface area contributed by atoms with Gasteiger partial charge in [0.1, 0.15) is 6.10 Å². The molecule has 120 valence electrons. The highest BCUT2D eigenvalue weighted by atomic mass is 16.5. The largest absolute Gasteiger partial charge is 0.373 e. The predicted octanol–water partition coefficient (Wildman–Crippen LogP) is 3.35. The van der Waals surface area contributed by atoms with Crippen molar-refractivity contribution in [2.75, 3.05) is 13.7 Å². The Labute approximate surface area is 127 Å². The monoisotopic (exact) mass is 295 g/mol. The van der Waals surface area contributed by atoms with E-state index in [1.807, 2.05) is 0 Å². The molecular formula is C16H29N3O2. The molecule has 0 bridgehead atoms. The van der Waals surface area contributed by atoms with Crippen molar-refractivity contribution in [3.8, 4) is 0 Å². The summed E-state index contributed by atoms with van der Waals surface area (Å²) in [6, 6.07) is 0. The van der Waals surface area contributed by atoms with Gasteiger partial charge in [-0.15, -0.1) is 0 Å². The highest BCUT2D eigenvalue weighted by Gasteiger charge is 2.36. The standard InChI is InChI=1S/C16H29N3O2/c1-4-16(5-2,11-17)15-18-14(19-21-15)13(20-3)12-9-7-6-8-10-12/h12-13H,4-11,17H2,1-3H3. The molecule has 1 atom stereocenters. The first kappa shape index (κ1) is 16.4. The zero-order valence-corrected chi connectivity index (χ0v) is 13.6. The number of ether oxygens (including phenoxy) is 1. The molecule has 0 amide bonds. The maximum atomic E-state index is 5.96. The van der Waals surface area contributed by atoms with E-state index in [4.69, 9.17) is 15.0 Å². The van der Waals surface area contributed by atoms with Gasteiger partial charge in [-0.2, -0.15) is 4.98 Å². The van der Waals surface area contributed by atoms with Gasteiger partial charge in [0.05, 0.1) is 5.41 Å². The first-order valence-electron chi connectivity index (χ1n) is 8.27. The number of aromatic nitrogens is 2. The summed E-state index contributed by atoms with van der Waals surface area (Å²) in [7, 11) is 1.74. The van der Waals surface area contributed by atoms with Crippen LogP contribution in [0.3, 0.4) is 0 Å². The molecule has 1 aliphatic carbocycles. The van der Waals surface area contributed by atoms with Crippen molar-refractivity contribution in [1.82, 2.24) is 10.1 Å². The summed E-state index contributed by atoms with van der Waals surface area (Å²) in [5, 5.41) is 4.21. The van der Waals surface area contributed by atoms with E-state index in [0.29, 0.717) is 24.2 Å². The molecule has 1 fully saturated rings. The van der Waals surface area contributed by atoms with Crippen LogP contribution in [0.5, 0.6) is 0 Å². The van der Waals surface area contributed by atoms with Crippen LogP contribution in [0.4, 0.5) is 0 Å². The second kappa shape index (κ2) is 7.36. The first-order chi connectivity index (χ1) is 10.2. The molecule has 21 heavy (non-hydrogen) atoms. The van der Waals surface area contributed by atoms with Gasteiger partial charge in [-0.3, -0.25) is 0 Å². The molecule has 0 spiro atoms. The molecule has 0 aliphatic heterocycles. The van der Waals surface area contributed by atoms with Gasteiger partial charge in [-0.1, -0.05) is 38.3 Å². The van der Waals surface area contributed by atoms with Gasteiger partial charge in [0.15, 0.2) is 0 Å². The van der Waals surface area contributed by atoms with Crippen molar-refractivity contribution in [1.29, 1.82) is 0 Å². The van der Waals surface area contributed by atoms with Crippen molar-refractivity contribution in [3.63, 3.8) is 0 Å². The Morgan fingerprint density at radius 2 is 1.95 bits per heavy atom. The third-order valence-electron chi connectivity index (χ3n) is 5.23. The molecule has 5 nitrogen and oxygen atoms in total. The summed E-state index contributed by atoms with van der Waals surface area (Å²) in [6.45, 7) is 4.77. The molecule has 0 saturated heterocycles. The molecular weight excluding hydrogens is 266 g/mol. The molecule has 5 heteroatoms. The minimum Gasteiger partial charge on any atom is -0.373 e. The molecule has 1 unspecified atom stereocenters. The fourth-order valence-corrected chi connectivity index (χ4v) is 3.44. The van der Waals surface area contributed by atoms with E-state index in [1.54, 1.807) is 7.11 Å². The van der Waals surface area contributed by atoms with Crippen LogP contribution in [0, 0.1) is 5.92 Å². The number of rotatable bonds is 7. The predicted molar refractivity (Wildman–Crippen MR) is 81.9 cm³/mol. The van der Waals surface area contributed by atoms with E-state index in [9.17, 15) is 0 Å². The van der Waals surface area contributed by atoms with Crippen molar-refractivity contribution in [2.45, 2.75) is 70.3 Å². The zero-order valence-electron chi connectivity index (χ0n) is 13.6. The molecule has 0 radical (unpaired) electrons. The van der Waals surface area contributed by atoms with E-state index < -0.39 is 0 Å². The van der Waals surface area contributed by atoms with Gasteiger partial charge in [0.25, 0.3) is 0 Å². The van der Waals surface area contributed by atoms with Gasteiger partial charge in [-0.05, 0) is 31.6 Å². The van der Waals surface area contributed by atoms with E-state index in [1.165, 1.54) is 32.1 Å². The van der Waals surface area contributed by atoms with E-state index in [-0.39, 0.29) is 11.5 Å². The van der Waals surface area contributed by atoms with Crippen LogP contribution in [-0.4, -0.2) is 23.8 Å². The smallest absolute Gasteiger partial charge is 0.234 e. The van der Waals surface area contributed by atoms with Crippen LogP contribution in [0.25, 0.3) is 0 Å². The fraction of sp³-hybridized carbons (Fsp3) is 0.875. The van der Waals surface area contributed by atoms with E-state index in [0.717, 1.165) is 12.8 Å². The minimum absolute atomic E-state index is 0.0491. The lowest BCUT2D eigenvalue weighted by atomic mass is 9.82. The number of hydrogen-bond acceptors (Lipinski definition) is 5. The van der Waals surface area contributed by atoms with Crippen molar-refractivity contribution >= 4 is 0 Å². The number of methoxy groups -OCH3 is 1. The third kappa shape index (κ3) is 3.29. The molecule has 2 rings (SSSR count). The molecule has 2 N–H and O–H groups in total. The normalized spacial score (nSPS) is 18.9. The quantitative estimate of drug-likeness (QED) is 0.835. The van der Waals surface area contributed by atoms with Crippen molar-refractivity contribution < 1.29 is 9.26 Å². The Balaban J connectivity index is 2.20. The summed E-state index contributed by atoms with van der Waals surface area (Å²) in [4.78, 5) is 4.66. The highest BCUT2D eigenvalue weighted by Crippen LogP contribution is 2.37. The minimum atomic E-state index is -0.198. The lowest BCUT2D eigenvalue weighted by Gasteiger charge is -2.27.